The molecular weight excluding hydrogens is 430 g/mol. The van der Waals surface area contributed by atoms with Crippen molar-refractivity contribution in [3.05, 3.63) is 60.2 Å². The van der Waals surface area contributed by atoms with E-state index in [0.717, 1.165) is 45.0 Å². The van der Waals surface area contributed by atoms with E-state index in [-0.39, 0.29) is 6.10 Å². The van der Waals surface area contributed by atoms with Crippen LogP contribution in [0, 0.1) is 11.5 Å². The highest BCUT2D eigenvalue weighted by atomic mass is 16.6. The first kappa shape index (κ1) is 25.0. The van der Waals surface area contributed by atoms with Gasteiger partial charge < -0.3 is 10.1 Å². The lowest BCUT2D eigenvalue weighted by Crippen LogP contribution is -2.46. The maximum atomic E-state index is 11.7. The lowest BCUT2D eigenvalue weighted by Gasteiger charge is -2.34. The van der Waals surface area contributed by atoms with Crippen LogP contribution in [0.3, 0.4) is 0 Å². The maximum Gasteiger partial charge on any atom is 0.411 e. The zero-order valence-electron chi connectivity index (χ0n) is 19.8. The number of nitrogens with one attached hydrogen (secondary N) is 3. The quantitative estimate of drug-likeness (QED) is 0.239. The molecule has 1 heterocycles. The van der Waals surface area contributed by atoms with Crippen LogP contribution < -0.4 is 16.0 Å². The van der Waals surface area contributed by atoms with Crippen molar-refractivity contribution in [1.82, 2.24) is 15.1 Å². The third kappa shape index (κ3) is 8.73. The van der Waals surface area contributed by atoms with E-state index in [4.69, 9.17) is 10.00 Å². The van der Waals surface area contributed by atoms with E-state index in [1.165, 1.54) is 5.56 Å². The van der Waals surface area contributed by atoms with Crippen molar-refractivity contribution in [3.63, 3.8) is 0 Å². The molecule has 0 aromatic heterocycles. The third-order valence-corrected chi connectivity index (χ3v) is 5.31. The molecule has 0 saturated carbocycles. The maximum absolute atomic E-state index is 11.7. The summed E-state index contributed by atoms with van der Waals surface area (Å²) in [6.45, 7) is 10.1. The van der Waals surface area contributed by atoms with Gasteiger partial charge in [-0.3, -0.25) is 25.4 Å². The summed E-state index contributed by atoms with van der Waals surface area (Å²) in [4.78, 5) is 21.1. The number of piperazine rings is 1. The van der Waals surface area contributed by atoms with Crippen LogP contribution in [0.15, 0.2) is 59.6 Å². The summed E-state index contributed by atoms with van der Waals surface area (Å²) in [6, 6.07) is 17.7. The molecule has 34 heavy (non-hydrogen) atoms. The smallest absolute Gasteiger partial charge is 0.411 e. The van der Waals surface area contributed by atoms with Crippen LogP contribution in [0.25, 0.3) is 0 Å². The molecule has 1 aliphatic rings. The van der Waals surface area contributed by atoms with Gasteiger partial charge in [-0.05, 0) is 43.7 Å². The van der Waals surface area contributed by atoms with Gasteiger partial charge >= 0.3 is 6.09 Å². The molecule has 0 spiro atoms. The average molecular weight is 464 g/mol. The summed E-state index contributed by atoms with van der Waals surface area (Å²) in [6.07, 6.45) is 1.24. The van der Waals surface area contributed by atoms with Crippen LogP contribution in [0.2, 0.25) is 0 Å². The topological polar surface area (TPSA) is 105 Å². The van der Waals surface area contributed by atoms with Crippen LogP contribution >= 0.6 is 0 Å². The molecule has 0 unspecified atom stereocenters. The molecule has 1 aliphatic heterocycles. The second kappa shape index (κ2) is 13.2. The van der Waals surface area contributed by atoms with Gasteiger partial charge in [0.25, 0.3) is 0 Å². The second-order valence-corrected chi connectivity index (χ2v) is 8.35. The van der Waals surface area contributed by atoms with Gasteiger partial charge in [0.05, 0.1) is 12.6 Å². The fraction of sp³-hybridized carbons (Fsp3) is 0.400. The van der Waals surface area contributed by atoms with Gasteiger partial charge in [0.1, 0.15) is 0 Å². The van der Waals surface area contributed by atoms with Gasteiger partial charge in [-0.2, -0.15) is 5.26 Å². The Morgan fingerprint density at radius 2 is 1.62 bits per heavy atom. The standard InChI is InChI=1S/C25H33N7O2/c1-20(2)34-25(33)30-23-10-8-22(9-11-23)29-24(28-19-26)27-12-13-31-14-16-32(17-15-31)18-21-6-4-3-5-7-21/h3-11,20H,12-18H2,1-2H3,(H,30,33)(H2,27,28,29). The fourth-order valence-electron chi connectivity index (χ4n) is 3.61. The Hall–Kier alpha value is -3.61. The number of carbonyl (C=O) groups excluding carboxylic acids is 1. The van der Waals surface area contributed by atoms with Crippen molar-refractivity contribution in [2.45, 2.75) is 26.5 Å². The number of carbonyl (C=O) groups is 1. The molecule has 2 aromatic rings. The van der Waals surface area contributed by atoms with E-state index >= 15 is 0 Å². The Labute approximate surface area is 201 Å². The first-order valence-corrected chi connectivity index (χ1v) is 11.5. The number of hydrogen-bond acceptors (Lipinski definition) is 6. The summed E-state index contributed by atoms with van der Waals surface area (Å²) < 4.78 is 5.07. The van der Waals surface area contributed by atoms with Crippen LogP contribution in [0.4, 0.5) is 16.2 Å². The number of nitrogens with zero attached hydrogens (tertiary/aromatic N) is 4. The molecule has 3 N–H and O–H groups in total. The lowest BCUT2D eigenvalue weighted by atomic mass is 10.2. The molecule has 1 saturated heterocycles. The number of guanidine groups is 1. The molecule has 9 nitrogen and oxygen atoms in total. The number of rotatable bonds is 8. The summed E-state index contributed by atoms with van der Waals surface area (Å²) in [5, 5.41) is 17.4. The number of nitriles is 1. The molecule has 1 fully saturated rings. The van der Waals surface area contributed by atoms with E-state index in [1.54, 1.807) is 38.1 Å². The van der Waals surface area contributed by atoms with Crippen molar-refractivity contribution >= 4 is 23.4 Å². The van der Waals surface area contributed by atoms with E-state index in [0.29, 0.717) is 18.2 Å². The zero-order chi connectivity index (χ0) is 24.2. The minimum absolute atomic E-state index is 0.185. The normalized spacial score (nSPS) is 14.9. The van der Waals surface area contributed by atoms with E-state index < -0.39 is 6.09 Å². The van der Waals surface area contributed by atoms with Crippen molar-refractivity contribution < 1.29 is 9.53 Å². The number of amides is 1. The Morgan fingerprint density at radius 3 is 2.24 bits per heavy atom. The SMILES string of the molecule is CC(C)OC(=O)Nc1ccc(NC(=NCCN2CCN(Cc3ccccc3)CC2)NC#N)cc1. The van der Waals surface area contributed by atoms with Crippen molar-refractivity contribution in [2.24, 2.45) is 4.99 Å². The molecule has 0 atom stereocenters. The van der Waals surface area contributed by atoms with Crippen LogP contribution in [0.1, 0.15) is 19.4 Å². The Bertz CT molecular complexity index is 963. The van der Waals surface area contributed by atoms with E-state index in [2.05, 4.69) is 55.0 Å². The summed E-state index contributed by atoms with van der Waals surface area (Å²) in [5.41, 5.74) is 2.71. The molecule has 9 heteroatoms. The molecule has 0 radical (unpaired) electrons. The van der Waals surface area contributed by atoms with Gasteiger partial charge in [-0.15, -0.1) is 0 Å². The number of hydrogen-bond donors (Lipinski definition) is 3. The first-order chi connectivity index (χ1) is 16.5. The average Bonchev–Trinajstić information content (AvgIpc) is 2.82. The Kier molecular flexibility index (Phi) is 9.70. The third-order valence-electron chi connectivity index (χ3n) is 5.31. The van der Waals surface area contributed by atoms with Crippen molar-refractivity contribution in [3.8, 4) is 6.19 Å². The van der Waals surface area contributed by atoms with Crippen LogP contribution in [-0.2, 0) is 11.3 Å². The lowest BCUT2D eigenvalue weighted by molar-refractivity contribution is 0.130. The molecule has 0 aliphatic carbocycles. The number of ether oxygens (including phenoxy) is 1. The molecule has 0 bridgehead atoms. The highest BCUT2D eigenvalue weighted by Crippen LogP contribution is 2.14. The van der Waals surface area contributed by atoms with Gasteiger partial charge in [0.2, 0.25) is 5.96 Å². The van der Waals surface area contributed by atoms with Gasteiger partial charge in [-0.25, -0.2) is 4.79 Å². The monoisotopic (exact) mass is 463 g/mol. The summed E-state index contributed by atoms with van der Waals surface area (Å²) >= 11 is 0. The van der Waals surface area contributed by atoms with Gasteiger partial charge in [-0.1, -0.05) is 30.3 Å². The molecule has 180 valence electrons. The Balaban J connectivity index is 1.43. The van der Waals surface area contributed by atoms with E-state index in [1.807, 2.05) is 12.3 Å². The molecule has 1 amide bonds. The number of benzene rings is 2. The highest BCUT2D eigenvalue weighted by molar-refractivity contribution is 5.95. The summed E-state index contributed by atoms with van der Waals surface area (Å²) in [7, 11) is 0. The molecular formula is C25H33N7O2. The summed E-state index contributed by atoms with van der Waals surface area (Å²) in [5.74, 6) is 0.394. The highest BCUT2D eigenvalue weighted by Gasteiger charge is 2.16. The van der Waals surface area contributed by atoms with Crippen LogP contribution in [-0.4, -0.2) is 67.2 Å². The van der Waals surface area contributed by atoms with Crippen LogP contribution in [0.5, 0.6) is 0 Å². The van der Waals surface area contributed by atoms with Crippen molar-refractivity contribution in [1.29, 1.82) is 5.26 Å². The zero-order valence-corrected chi connectivity index (χ0v) is 19.8. The number of anilines is 2. The van der Waals surface area contributed by atoms with E-state index in [9.17, 15) is 4.79 Å². The minimum Gasteiger partial charge on any atom is -0.447 e. The minimum atomic E-state index is -0.495. The first-order valence-electron chi connectivity index (χ1n) is 11.5. The van der Waals surface area contributed by atoms with Gasteiger partial charge in [0.15, 0.2) is 6.19 Å². The predicted octanol–water partition coefficient (Wildman–Crippen LogP) is 3.30. The predicted molar refractivity (Wildman–Crippen MR) is 135 cm³/mol. The van der Waals surface area contributed by atoms with Crippen molar-refractivity contribution in [2.75, 3.05) is 49.9 Å². The van der Waals surface area contributed by atoms with Gasteiger partial charge in [0, 0.05) is 50.6 Å². The largest absolute Gasteiger partial charge is 0.447 e. The fourth-order valence-corrected chi connectivity index (χ4v) is 3.61. The number of aliphatic imine (C=N–C) groups is 1. The molecule has 2 aromatic carbocycles. The second-order valence-electron chi connectivity index (χ2n) is 8.35. The molecule has 3 rings (SSSR count). The Morgan fingerprint density at radius 1 is 1.00 bits per heavy atom.